The average molecular weight is 359 g/mol. The Balaban J connectivity index is 1.64. The molecule has 3 rings (SSSR count). The van der Waals surface area contributed by atoms with Gasteiger partial charge in [0.2, 0.25) is 0 Å². The third kappa shape index (κ3) is 4.56. The number of aryl methyl sites for hydroxylation is 1. The molecule has 0 spiro atoms. The molecule has 2 heterocycles. The van der Waals surface area contributed by atoms with E-state index < -0.39 is 0 Å². The minimum atomic E-state index is -0.281. The number of hydrogen-bond donors (Lipinski definition) is 2. The maximum Gasteiger partial charge on any atom is 0.319 e. The highest BCUT2D eigenvalue weighted by Gasteiger charge is 2.25. The summed E-state index contributed by atoms with van der Waals surface area (Å²) in [4.78, 5) is 14.6. The summed E-state index contributed by atoms with van der Waals surface area (Å²) in [5, 5.41) is 5.77. The van der Waals surface area contributed by atoms with Gasteiger partial charge in [0.05, 0.1) is 32.1 Å². The molecule has 7 heteroatoms. The van der Waals surface area contributed by atoms with Crippen LogP contribution in [0.25, 0.3) is 0 Å². The second kappa shape index (κ2) is 8.73. The lowest BCUT2D eigenvalue weighted by Gasteiger charge is -2.33. The lowest BCUT2D eigenvalue weighted by atomic mass is 10.1. The van der Waals surface area contributed by atoms with Crippen LogP contribution in [0.3, 0.4) is 0 Å². The molecule has 0 saturated carbocycles. The minimum absolute atomic E-state index is 0.0315. The van der Waals surface area contributed by atoms with Crippen molar-refractivity contribution < 1.29 is 18.7 Å². The largest absolute Gasteiger partial charge is 0.495 e. The van der Waals surface area contributed by atoms with E-state index in [9.17, 15) is 4.79 Å². The number of hydrogen-bond acceptors (Lipinski definition) is 5. The second-order valence-corrected chi connectivity index (χ2v) is 6.15. The fourth-order valence-corrected chi connectivity index (χ4v) is 3.04. The van der Waals surface area contributed by atoms with Crippen molar-refractivity contribution in [3.8, 4) is 5.75 Å². The quantitative estimate of drug-likeness (QED) is 0.829. The molecular formula is C19H25N3O4. The molecule has 1 aliphatic heterocycles. The van der Waals surface area contributed by atoms with Gasteiger partial charge in [0.15, 0.2) is 0 Å². The number of para-hydroxylation sites is 2. The first kappa shape index (κ1) is 18.3. The summed E-state index contributed by atoms with van der Waals surface area (Å²) in [5.41, 5.74) is 0.629. The molecule has 2 amide bonds. The SMILES string of the molecule is COc1ccccc1NC(=O)NC[C@H](c1ccc(C)o1)N1CCOCC1. The number of ether oxygens (including phenoxy) is 2. The molecule has 1 aromatic carbocycles. The summed E-state index contributed by atoms with van der Waals surface area (Å²) in [6.07, 6.45) is 0. The van der Waals surface area contributed by atoms with E-state index in [1.165, 1.54) is 0 Å². The van der Waals surface area contributed by atoms with E-state index in [4.69, 9.17) is 13.9 Å². The van der Waals surface area contributed by atoms with Crippen molar-refractivity contribution in [3.05, 3.63) is 47.9 Å². The maximum absolute atomic E-state index is 12.4. The maximum atomic E-state index is 12.4. The third-order valence-electron chi connectivity index (χ3n) is 4.39. The van der Waals surface area contributed by atoms with Crippen molar-refractivity contribution in [3.63, 3.8) is 0 Å². The number of furan rings is 1. The van der Waals surface area contributed by atoms with Crippen LogP contribution in [0.4, 0.5) is 10.5 Å². The number of nitrogens with one attached hydrogen (secondary N) is 2. The molecular weight excluding hydrogens is 334 g/mol. The molecule has 2 N–H and O–H groups in total. The highest BCUT2D eigenvalue weighted by Crippen LogP contribution is 2.24. The zero-order valence-electron chi connectivity index (χ0n) is 15.2. The number of carbonyl (C=O) groups is 1. The molecule has 7 nitrogen and oxygen atoms in total. The van der Waals surface area contributed by atoms with Gasteiger partial charge in [0.1, 0.15) is 17.3 Å². The Bertz CT molecular complexity index is 725. The molecule has 1 saturated heterocycles. The number of nitrogens with zero attached hydrogens (tertiary/aromatic N) is 1. The zero-order chi connectivity index (χ0) is 18.4. The summed E-state index contributed by atoms with van der Waals surface area (Å²) in [6.45, 7) is 5.34. The van der Waals surface area contributed by atoms with Gasteiger partial charge in [0.25, 0.3) is 0 Å². The van der Waals surface area contributed by atoms with Gasteiger partial charge in [-0.3, -0.25) is 4.90 Å². The molecule has 26 heavy (non-hydrogen) atoms. The fourth-order valence-electron chi connectivity index (χ4n) is 3.04. The lowest BCUT2D eigenvalue weighted by Crippen LogP contribution is -2.44. The number of amides is 2. The molecule has 1 aliphatic rings. The predicted molar refractivity (Wildman–Crippen MR) is 98.6 cm³/mol. The molecule has 1 aromatic heterocycles. The Hall–Kier alpha value is -2.51. The number of morpholine rings is 1. The minimum Gasteiger partial charge on any atom is -0.495 e. The van der Waals surface area contributed by atoms with Crippen LogP contribution >= 0.6 is 0 Å². The second-order valence-electron chi connectivity index (χ2n) is 6.15. The summed E-state index contributed by atoms with van der Waals surface area (Å²) in [5.74, 6) is 2.33. The van der Waals surface area contributed by atoms with E-state index in [-0.39, 0.29) is 12.1 Å². The van der Waals surface area contributed by atoms with Gasteiger partial charge < -0.3 is 24.5 Å². The average Bonchev–Trinajstić information content (AvgIpc) is 3.09. The number of rotatable bonds is 6. The van der Waals surface area contributed by atoms with Crippen LogP contribution in [0, 0.1) is 6.92 Å². The van der Waals surface area contributed by atoms with Crippen LogP contribution < -0.4 is 15.4 Å². The van der Waals surface area contributed by atoms with Gasteiger partial charge in [-0.1, -0.05) is 12.1 Å². The van der Waals surface area contributed by atoms with Crippen molar-refractivity contribution in [1.82, 2.24) is 10.2 Å². The summed E-state index contributed by atoms with van der Waals surface area (Å²) < 4.78 is 16.5. The highest BCUT2D eigenvalue weighted by molar-refractivity contribution is 5.90. The van der Waals surface area contributed by atoms with E-state index in [0.717, 1.165) is 24.6 Å². The van der Waals surface area contributed by atoms with Crippen molar-refractivity contribution >= 4 is 11.7 Å². The summed E-state index contributed by atoms with van der Waals surface area (Å²) in [6, 6.07) is 10.9. The first-order valence-electron chi connectivity index (χ1n) is 8.73. The zero-order valence-corrected chi connectivity index (χ0v) is 15.2. The molecule has 1 atom stereocenters. The van der Waals surface area contributed by atoms with Crippen molar-refractivity contribution in [2.45, 2.75) is 13.0 Å². The Morgan fingerprint density at radius 1 is 1.23 bits per heavy atom. The number of methoxy groups -OCH3 is 1. The first-order valence-corrected chi connectivity index (χ1v) is 8.73. The molecule has 2 aromatic rings. The summed E-state index contributed by atoms with van der Waals surface area (Å²) >= 11 is 0. The van der Waals surface area contributed by atoms with Crippen LogP contribution in [0.15, 0.2) is 40.8 Å². The van der Waals surface area contributed by atoms with E-state index in [1.54, 1.807) is 19.2 Å². The van der Waals surface area contributed by atoms with Crippen LogP contribution in [0.5, 0.6) is 5.75 Å². The fraction of sp³-hybridized carbons (Fsp3) is 0.421. The number of carbonyl (C=O) groups excluding carboxylic acids is 1. The topological polar surface area (TPSA) is 76.0 Å². The van der Waals surface area contributed by atoms with Crippen LogP contribution in [-0.2, 0) is 4.74 Å². The third-order valence-corrected chi connectivity index (χ3v) is 4.39. The molecule has 0 unspecified atom stereocenters. The van der Waals surface area contributed by atoms with Gasteiger partial charge in [-0.2, -0.15) is 0 Å². The number of anilines is 1. The highest BCUT2D eigenvalue weighted by atomic mass is 16.5. The Morgan fingerprint density at radius 3 is 2.69 bits per heavy atom. The number of urea groups is 1. The van der Waals surface area contributed by atoms with Crippen molar-refractivity contribution in [2.75, 3.05) is 45.3 Å². The lowest BCUT2D eigenvalue weighted by molar-refractivity contribution is 0.0122. The van der Waals surface area contributed by atoms with Gasteiger partial charge >= 0.3 is 6.03 Å². The molecule has 140 valence electrons. The van der Waals surface area contributed by atoms with E-state index >= 15 is 0 Å². The normalized spacial score (nSPS) is 16.1. The van der Waals surface area contributed by atoms with E-state index in [0.29, 0.717) is 31.2 Å². The smallest absolute Gasteiger partial charge is 0.319 e. The first-order chi connectivity index (χ1) is 12.7. The standard InChI is InChI=1S/C19H25N3O4/c1-14-7-8-18(26-14)16(22-9-11-25-12-10-22)13-20-19(23)21-15-5-3-4-6-17(15)24-2/h3-8,16H,9-13H2,1-2H3,(H2,20,21,23)/t16-/m1/s1. The monoisotopic (exact) mass is 359 g/mol. The van der Waals surface area contributed by atoms with Crippen LogP contribution in [-0.4, -0.2) is 50.9 Å². The van der Waals surface area contributed by atoms with E-state index in [1.807, 2.05) is 31.2 Å². The van der Waals surface area contributed by atoms with Crippen molar-refractivity contribution in [2.24, 2.45) is 0 Å². The Morgan fingerprint density at radius 2 is 2.00 bits per heavy atom. The van der Waals surface area contributed by atoms with Gasteiger partial charge in [-0.05, 0) is 31.2 Å². The summed E-state index contributed by atoms with van der Waals surface area (Å²) in [7, 11) is 1.58. The van der Waals surface area contributed by atoms with Crippen molar-refractivity contribution in [1.29, 1.82) is 0 Å². The number of benzene rings is 1. The Labute approximate surface area is 153 Å². The van der Waals surface area contributed by atoms with Crippen LogP contribution in [0.2, 0.25) is 0 Å². The molecule has 0 radical (unpaired) electrons. The molecule has 0 bridgehead atoms. The van der Waals surface area contributed by atoms with Gasteiger partial charge in [0, 0.05) is 19.6 Å². The van der Waals surface area contributed by atoms with E-state index in [2.05, 4.69) is 15.5 Å². The van der Waals surface area contributed by atoms with Crippen LogP contribution in [0.1, 0.15) is 17.6 Å². The van der Waals surface area contributed by atoms with Gasteiger partial charge in [-0.25, -0.2) is 4.79 Å². The Kier molecular flexibility index (Phi) is 6.14. The predicted octanol–water partition coefficient (Wildman–Crippen LogP) is 2.79. The van der Waals surface area contributed by atoms with Gasteiger partial charge in [-0.15, -0.1) is 0 Å². The molecule has 1 fully saturated rings. The molecule has 0 aliphatic carbocycles.